The highest BCUT2D eigenvalue weighted by Crippen LogP contribution is 2.45. The first-order valence-electron chi connectivity index (χ1n) is 11.2. The molecule has 180 valence electrons. The van der Waals surface area contributed by atoms with Gasteiger partial charge in [0.25, 0.3) is 0 Å². The molecule has 0 bridgehead atoms. The van der Waals surface area contributed by atoms with E-state index >= 15 is 0 Å². The molecule has 1 unspecified atom stereocenters. The van der Waals surface area contributed by atoms with Crippen LogP contribution >= 0.6 is 0 Å². The van der Waals surface area contributed by atoms with Crippen molar-refractivity contribution < 1.29 is 18.5 Å². The molecule has 5 rings (SSSR count). The Hall–Kier alpha value is -3.05. The number of morpholine rings is 1. The Kier molecular flexibility index (Phi) is 5.56. The molecule has 1 amide bonds. The number of rotatable bonds is 4. The first-order chi connectivity index (χ1) is 16.2. The molecular formula is C23H28N6O4S. The third-order valence-corrected chi connectivity index (χ3v) is 8.09. The van der Waals surface area contributed by atoms with Gasteiger partial charge in [-0.15, -0.1) is 0 Å². The van der Waals surface area contributed by atoms with Crippen molar-refractivity contribution in [2.24, 2.45) is 0 Å². The highest BCUT2D eigenvalue weighted by Gasteiger charge is 2.42. The third-order valence-electron chi connectivity index (χ3n) is 6.46. The highest BCUT2D eigenvalue weighted by atomic mass is 32.2. The predicted octanol–water partition coefficient (Wildman–Crippen LogP) is 2.58. The number of aromatic amines is 1. The Morgan fingerprint density at radius 3 is 2.82 bits per heavy atom. The number of hydrogen-bond acceptors (Lipinski definition) is 8. The summed E-state index contributed by atoms with van der Waals surface area (Å²) in [5.74, 6) is 1.39. The fraction of sp³-hybridized carbons (Fsp3) is 0.478. The highest BCUT2D eigenvalue weighted by molar-refractivity contribution is 7.85. The van der Waals surface area contributed by atoms with Crippen LogP contribution in [0.3, 0.4) is 0 Å². The molecule has 2 N–H and O–H groups in total. The van der Waals surface area contributed by atoms with Crippen LogP contribution in [-0.2, 0) is 25.1 Å². The molecule has 2 aliphatic heterocycles. The fourth-order valence-corrected chi connectivity index (χ4v) is 4.93. The van der Waals surface area contributed by atoms with Crippen molar-refractivity contribution in [3.8, 4) is 17.1 Å². The van der Waals surface area contributed by atoms with E-state index in [9.17, 15) is 9.00 Å². The lowest BCUT2D eigenvalue weighted by atomic mass is 10.0. The van der Waals surface area contributed by atoms with Crippen molar-refractivity contribution in [1.82, 2.24) is 19.9 Å². The monoisotopic (exact) mass is 484 g/mol. The Labute approximate surface area is 199 Å². The summed E-state index contributed by atoms with van der Waals surface area (Å²) in [7, 11) is -1.24. The minimum atomic E-state index is -1.24. The molecular weight excluding hydrogens is 456 g/mol. The largest absolute Gasteiger partial charge is 0.486 e. The van der Waals surface area contributed by atoms with Gasteiger partial charge in [-0.3, -0.25) is 9.00 Å². The summed E-state index contributed by atoms with van der Waals surface area (Å²) in [6, 6.07) is 1.97. The summed E-state index contributed by atoms with van der Waals surface area (Å²) in [4.78, 5) is 31.7. The molecule has 0 saturated carbocycles. The molecule has 5 heterocycles. The molecule has 34 heavy (non-hydrogen) atoms. The van der Waals surface area contributed by atoms with E-state index in [0.29, 0.717) is 59.8 Å². The van der Waals surface area contributed by atoms with Gasteiger partial charge < -0.3 is 24.7 Å². The normalized spacial score (nSPS) is 20.9. The second-order valence-corrected chi connectivity index (χ2v) is 11.2. The van der Waals surface area contributed by atoms with Crippen LogP contribution in [0.25, 0.3) is 22.4 Å². The molecule has 3 atom stereocenters. The Morgan fingerprint density at radius 1 is 1.29 bits per heavy atom. The van der Waals surface area contributed by atoms with Gasteiger partial charge in [0.15, 0.2) is 17.4 Å². The molecule has 0 radical (unpaired) electrons. The molecule has 10 nitrogen and oxygen atoms in total. The Balaban J connectivity index is 1.82. The summed E-state index contributed by atoms with van der Waals surface area (Å²) in [5.41, 5.74) is 2.37. The molecule has 0 aliphatic carbocycles. The average Bonchev–Trinajstić information content (AvgIpc) is 3.26. The van der Waals surface area contributed by atoms with E-state index in [1.165, 1.54) is 6.92 Å². The van der Waals surface area contributed by atoms with Crippen LogP contribution in [0.5, 0.6) is 5.75 Å². The van der Waals surface area contributed by atoms with Crippen LogP contribution in [-0.4, -0.2) is 68.2 Å². The number of nitrogens with zero attached hydrogens (tertiary/aromatic N) is 4. The van der Waals surface area contributed by atoms with Crippen LogP contribution < -0.4 is 15.0 Å². The number of amides is 1. The number of hydrogen-bond donors (Lipinski definition) is 2. The summed E-state index contributed by atoms with van der Waals surface area (Å²) < 4.78 is 24.0. The number of pyridine rings is 1. The van der Waals surface area contributed by atoms with E-state index in [4.69, 9.17) is 19.4 Å². The second-order valence-electron chi connectivity index (χ2n) is 9.24. The van der Waals surface area contributed by atoms with Gasteiger partial charge in [0.2, 0.25) is 5.91 Å². The maximum absolute atomic E-state index is 12.8. The number of ether oxygens (including phenoxy) is 2. The maximum atomic E-state index is 12.8. The van der Waals surface area contributed by atoms with Crippen molar-refractivity contribution in [2.75, 3.05) is 36.3 Å². The molecule has 3 aromatic rings. The molecule has 1 saturated heterocycles. The number of H-pyrrole nitrogens is 1. The summed E-state index contributed by atoms with van der Waals surface area (Å²) in [6.07, 6.45) is 5.04. The van der Waals surface area contributed by atoms with Crippen molar-refractivity contribution in [3.05, 3.63) is 24.2 Å². The lowest BCUT2D eigenvalue weighted by Crippen LogP contribution is -2.56. The summed E-state index contributed by atoms with van der Waals surface area (Å²) >= 11 is 0. The first kappa shape index (κ1) is 22.7. The van der Waals surface area contributed by atoms with Crippen molar-refractivity contribution in [3.63, 3.8) is 0 Å². The third kappa shape index (κ3) is 3.63. The van der Waals surface area contributed by atoms with Gasteiger partial charge >= 0.3 is 0 Å². The Morgan fingerprint density at radius 2 is 2.09 bits per heavy atom. The van der Waals surface area contributed by atoms with E-state index in [1.807, 2.05) is 19.9 Å². The summed E-state index contributed by atoms with van der Waals surface area (Å²) in [6.45, 7) is 8.86. The number of anilines is 2. The number of aromatic nitrogens is 4. The number of carbonyl (C=O) groups is 1. The zero-order chi connectivity index (χ0) is 24.2. The van der Waals surface area contributed by atoms with E-state index in [0.717, 1.165) is 5.39 Å². The minimum absolute atomic E-state index is 0.0154. The van der Waals surface area contributed by atoms with Gasteiger partial charge in [-0.25, -0.2) is 15.0 Å². The molecule has 11 heteroatoms. The van der Waals surface area contributed by atoms with Crippen molar-refractivity contribution in [1.29, 1.82) is 0 Å². The second kappa shape index (κ2) is 8.31. The standard InChI is InChI=1S/C23H28N6O4S/c1-12-9-32-10-14-11-33-18-19(23(3,4)34(5)31)27-21(28-22(18)29(12)14)17-15-6-7-24-20(15)25-8-16(17)26-13(2)30/h6-8,12,14H,9-11H2,1-5H3,(H,24,25)(H,26,30)/t12-,14+,34?/m1/s1. The summed E-state index contributed by atoms with van der Waals surface area (Å²) in [5, 5.41) is 3.63. The molecule has 0 spiro atoms. The quantitative estimate of drug-likeness (QED) is 0.579. The maximum Gasteiger partial charge on any atom is 0.221 e. The predicted molar refractivity (Wildman–Crippen MR) is 131 cm³/mol. The van der Waals surface area contributed by atoms with Crippen LogP contribution in [0.2, 0.25) is 0 Å². The van der Waals surface area contributed by atoms with Crippen LogP contribution in [0.15, 0.2) is 18.5 Å². The zero-order valence-corrected chi connectivity index (χ0v) is 20.7. The topological polar surface area (TPSA) is 122 Å². The fourth-order valence-electron chi connectivity index (χ4n) is 4.52. The molecule has 3 aromatic heterocycles. The molecule has 0 aromatic carbocycles. The van der Waals surface area contributed by atoms with Gasteiger partial charge in [-0.2, -0.15) is 0 Å². The van der Waals surface area contributed by atoms with Gasteiger partial charge in [0.1, 0.15) is 17.9 Å². The zero-order valence-electron chi connectivity index (χ0n) is 19.8. The molecule has 1 fully saturated rings. The number of nitrogens with one attached hydrogen (secondary N) is 2. The van der Waals surface area contributed by atoms with E-state index in [-0.39, 0.29) is 18.0 Å². The van der Waals surface area contributed by atoms with Gasteiger partial charge in [0, 0.05) is 35.6 Å². The van der Waals surface area contributed by atoms with Gasteiger partial charge in [0.05, 0.1) is 47.5 Å². The van der Waals surface area contributed by atoms with Gasteiger partial charge in [-0.05, 0) is 26.8 Å². The van der Waals surface area contributed by atoms with Crippen molar-refractivity contribution >= 4 is 39.2 Å². The smallest absolute Gasteiger partial charge is 0.221 e. The number of fused-ring (bicyclic) bond motifs is 4. The molecule has 2 aliphatic rings. The first-order valence-corrected chi connectivity index (χ1v) is 12.7. The lowest BCUT2D eigenvalue weighted by molar-refractivity contribution is -0.114. The SMILES string of the molecule is CC(=O)Nc1cnc2[nH]ccc2c1-c1nc2c(c(C(C)(C)S(C)=O)n1)OC[C@@H]1COC[C@@H](C)N21. The van der Waals surface area contributed by atoms with Gasteiger partial charge in [-0.1, -0.05) is 0 Å². The van der Waals surface area contributed by atoms with Crippen molar-refractivity contribution in [2.45, 2.75) is 44.5 Å². The lowest BCUT2D eigenvalue weighted by Gasteiger charge is -2.45. The minimum Gasteiger partial charge on any atom is -0.486 e. The number of carbonyl (C=O) groups excluding carboxylic acids is 1. The Bertz CT molecular complexity index is 1310. The van der Waals surface area contributed by atoms with E-state index < -0.39 is 15.5 Å². The van der Waals surface area contributed by atoms with E-state index in [2.05, 4.69) is 27.1 Å². The average molecular weight is 485 g/mol. The van der Waals surface area contributed by atoms with Crippen LogP contribution in [0, 0.1) is 0 Å². The van der Waals surface area contributed by atoms with Crippen LogP contribution in [0.4, 0.5) is 11.5 Å². The van der Waals surface area contributed by atoms with E-state index in [1.54, 1.807) is 18.6 Å². The van der Waals surface area contributed by atoms with Crippen LogP contribution in [0.1, 0.15) is 33.4 Å².